The SMILES string of the molecule is ClCCc1nc2cc(Cl)ccc2s1. The van der Waals surface area contributed by atoms with Crippen LogP contribution in [0.2, 0.25) is 5.02 Å². The molecule has 0 fully saturated rings. The molecule has 0 saturated heterocycles. The summed E-state index contributed by atoms with van der Waals surface area (Å²) in [6.07, 6.45) is 0.832. The summed E-state index contributed by atoms with van der Waals surface area (Å²) in [7, 11) is 0. The largest absolute Gasteiger partial charge is 0.241 e. The molecule has 0 aliphatic rings. The highest BCUT2D eigenvalue weighted by atomic mass is 35.5. The van der Waals surface area contributed by atoms with Crippen molar-refractivity contribution in [3.8, 4) is 0 Å². The molecule has 1 aromatic carbocycles. The van der Waals surface area contributed by atoms with Gasteiger partial charge in [-0.2, -0.15) is 0 Å². The first-order valence-electron chi connectivity index (χ1n) is 3.90. The molecule has 2 aromatic rings. The monoisotopic (exact) mass is 231 g/mol. The van der Waals surface area contributed by atoms with Crippen LogP contribution in [0.1, 0.15) is 5.01 Å². The molecular weight excluding hydrogens is 225 g/mol. The number of hydrogen-bond acceptors (Lipinski definition) is 2. The second-order valence-corrected chi connectivity index (χ2v) is 4.59. The predicted molar refractivity (Wildman–Crippen MR) is 59.1 cm³/mol. The zero-order valence-corrected chi connectivity index (χ0v) is 9.09. The second kappa shape index (κ2) is 3.82. The van der Waals surface area contributed by atoms with Crippen LogP contribution in [0.15, 0.2) is 18.2 Å². The van der Waals surface area contributed by atoms with Gasteiger partial charge in [0.15, 0.2) is 0 Å². The average Bonchev–Trinajstić information content (AvgIpc) is 2.46. The average molecular weight is 232 g/mol. The van der Waals surface area contributed by atoms with E-state index in [9.17, 15) is 0 Å². The number of benzene rings is 1. The molecule has 0 aliphatic heterocycles. The van der Waals surface area contributed by atoms with Gasteiger partial charge in [-0.25, -0.2) is 4.98 Å². The Morgan fingerprint density at radius 3 is 3.00 bits per heavy atom. The van der Waals surface area contributed by atoms with Crippen molar-refractivity contribution < 1.29 is 0 Å². The number of nitrogens with zero attached hydrogens (tertiary/aromatic N) is 1. The van der Waals surface area contributed by atoms with E-state index in [4.69, 9.17) is 23.2 Å². The van der Waals surface area contributed by atoms with Crippen LogP contribution in [0.5, 0.6) is 0 Å². The molecule has 0 radical (unpaired) electrons. The second-order valence-electron chi connectivity index (χ2n) is 2.66. The van der Waals surface area contributed by atoms with Crippen LogP contribution in [0, 0.1) is 0 Å². The van der Waals surface area contributed by atoms with Gasteiger partial charge >= 0.3 is 0 Å². The summed E-state index contributed by atoms with van der Waals surface area (Å²) in [5, 5.41) is 1.81. The molecule has 0 aliphatic carbocycles. The molecule has 0 unspecified atom stereocenters. The number of fused-ring (bicyclic) bond motifs is 1. The van der Waals surface area contributed by atoms with Gasteiger partial charge in [-0.1, -0.05) is 11.6 Å². The van der Waals surface area contributed by atoms with E-state index < -0.39 is 0 Å². The summed E-state index contributed by atoms with van der Waals surface area (Å²) in [6, 6.07) is 5.75. The van der Waals surface area contributed by atoms with Gasteiger partial charge in [0.1, 0.15) is 0 Å². The summed E-state index contributed by atoms with van der Waals surface area (Å²) in [6.45, 7) is 0. The molecule has 13 heavy (non-hydrogen) atoms. The summed E-state index contributed by atoms with van der Waals surface area (Å²) in [5.74, 6) is 0.619. The summed E-state index contributed by atoms with van der Waals surface area (Å²) >= 11 is 13.2. The smallest absolute Gasteiger partial charge is 0.0950 e. The summed E-state index contributed by atoms with van der Waals surface area (Å²) < 4.78 is 1.17. The standard InChI is InChI=1S/C9H7Cl2NS/c10-4-3-9-12-7-5-6(11)1-2-8(7)13-9/h1-2,5H,3-4H2. The normalized spacial score (nSPS) is 10.9. The number of alkyl halides is 1. The maximum atomic E-state index is 5.84. The number of aromatic nitrogens is 1. The van der Waals surface area contributed by atoms with E-state index >= 15 is 0 Å². The molecule has 0 saturated carbocycles. The van der Waals surface area contributed by atoms with Gasteiger partial charge in [0.25, 0.3) is 0 Å². The summed E-state index contributed by atoms with van der Waals surface area (Å²) in [4.78, 5) is 4.41. The van der Waals surface area contributed by atoms with E-state index in [0.717, 1.165) is 22.0 Å². The molecule has 0 atom stereocenters. The first kappa shape index (κ1) is 9.25. The van der Waals surface area contributed by atoms with Gasteiger partial charge in [-0.05, 0) is 18.2 Å². The fourth-order valence-electron chi connectivity index (χ4n) is 1.14. The van der Waals surface area contributed by atoms with Crippen molar-refractivity contribution in [2.75, 3.05) is 5.88 Å². The Bertz CT molecular complexity index is 424. The highest BCUT2D eigenvalue weighted by molar-refractivity contribution is 7.18. The molecule has 0 N–H and O–H groups in total. The van der Waals surface area contributed by atoms with E-state index in [1.54, 1.807) is 11.3 Å². The number of hydrogen-bond donors (Lipinski definition) is 0. The van der Waals surface area contributed by atoms with Crippen LogP contribution >= 0.6 is 34.5 Å². The zero-order valence-electron chi connectivity index (χ0n) is 6.76. The molecule has 1 aromatic heterocycles. The maximum absolute atomic E-state index is 5.84. The lowest BCUT2D eigenvalue weighted by molar-refractivity contribution is 1.12. The molecule has 68 valence electrons. The lowest BCUT2D eigenvalue weighted by Gasteiger charge is -1.86. The van der Waals surface area contributed by atoms with Crippen LogP contribution < -0.4 is 0 Å². The first-order valence-corrected chi connectivity index (χ1v) is 5.63. The quantitative estimate of drug-likeness (QED) is 0.719. The van der Waals surface area contributed by atoms with Crippen molar-refractivity contribution in [3.63, 3.8) is 0 Å². The first-order chi connectivity index (χ1) is 6.29. The van der Waals surface area contributed by atoms with Crippen molar-refractivity contribution in [1.29, 1.82) is 0 Å². The van der Waals surface area contributed by atoms with Gasteiger partial charge < -0.3 is 0 Å². The topological polar surface area (TPSA) is 12.9 Å². The minimum atomic E-state index is 0.619. The van der Waals surface area contributed by atoms with Crippen molar-refractivity contribution in [2.24, 2.45) is 0 Å². The molecule has 1 nitrogen and oxygen atoms in total. The van der Waals surface area contributed by atoms with Crippen molar-refractivity contribution >= 4 is 44.8 Å². The summed E-state index contributed by atoms with van der Waals surface area (Å²) in [5.41, 5.74) is 0.970. The maximum Gasteiger partial charge on any atom is 0.0950 e. The van der Waals surface area contributed by atoms with Crippen LogP contribution in [-0.2, 0) is 6.42 Å². The van der Waals surface area contributed by atoms with Crippen molar-refractivity contribution in [3.05, 3.63) is 28.2 Å². The highest BCUT2D eigenvalue weighted by Crippen LogP contribution is 2.25. The number of halogens is 2. The van der Waals surface area contributed by atoms with E-state index in [2.05, 4.69) is 4.98 Å². The molecule has 4 heteroatoms. The Morgan fingerprint density at radius 1 is 1.38 bits per heavy atom. The van der Waals surface area contributed by atoms with Gasteiger partial charge in [0, 0.05) is 17.3 Å². The Labute approximate surface area is 90.3 Å². The Balaban J connectivity index is 2.49. The molecule has 0 spiro atoms. The van der Waals surface area contributed by atoms with Crippen molar-refractivity contribution in [2.45, 2.75) is 6.42 Å². The van der Waals surface area contributed by atoms with Gasteiger partial charge in [0.05, 0.1) is 15.2 Å². The van der Waals surface area contributed by atoms with E-state index in [-0.39, 0.29) is 0 Å². The van der Waals surface area contributed by atoms with Gasteiger partial charge in [-0.15, -0.1) is 22.9 Å². The molecule has 0 bridgehead atoms. The zero-order chi connectivity index (χ0) is 9.26. The van der Waals surface area contributed by atoms with E-state index in [0.29, 0.717) is 5.88 Å². The van der Waals surface area contributed by atoms with Crippen LogP contribution in [0.25, 0.3) is 10.2 Å². The van der Waals surface area contributed by atoms with Gasteiger partial charge in [-0.3, -0.25) is 0 Å². The number of thiazole rings is 1. The molecular formula is C9H7Cl2NS. The van der Waals surface area contributed by atoms with Crippen LogP contribution in [0.4, 0.5) is 0 Å². The Kier molecular flexibility index (Phi) is 2.72. The molecule has 1 heterocycles. The Hall–Kier alpha value is -0.310. The minimum Gasteiger partial charge on any atom is -0.241 e. The predicted octanol–water partition coefficient (Wildman–Crippen LogP) is 3.73. The number of aryl methyl sites for hydroxylation is 1. The highest BCUT2D eigenvalue weighted by Gasteiger charge is 2.02. The van der Waals surface area contributed by atoms with Gasteiger partial charge in [0.2, 0.25) is 0 Å². The lowest BCUT2D eigenvalue weighted by Crippen LogP contribution is -1.82. The Morgan fingerprint density at radius 2 is 2.23 bits per heavy atom. The minimum absolute atomic E-state index is 0.619. The van der Waals surface area contributed by atoms with Crippen LogP contribution in [-0.4, -0.2) is 10.9 Å². The third-order valence-corrected chi connectivity index (χ3v) is 3.22. The van der Waals surface area contributed by atoms with Crippen LogP contribution in [0.3, 0.4) is 0 Å². The molecule has 0 amide bonds. The van der Waals surface area contributed by atoms with E-state index in [1.165, 1.54) is 4.70 Å². The molecule has 2 rings (SSSR count). The van der Waals surface area contributed by atoms with E-state index in [1.807, 2.05) is 18.2 Å². The third-order valence-electron chi connectivity index (χ3n) is 1.70. The fourth-order valence-corrected chi connectivity index (χ4v) is 2.54. The third kappa shape index (κ3) is 1.96. The van der Waals surface area contributed by atoms with Crippen molar-refractivity contribution in [1.82, 2.24) is 4.98 Å². The fraction of sp³-hybridized carbons (Fsp3) is 0.222. The lowest BCUT2D eigenvalue weighted by atomic mass is 10.3. The number of rotatable bonds is 2.